The Balaban J connectivity index is 3.07. The second-order valence-electron chi connectivity index (χ2n) is 4.04. The van der Waals surface area contributed by atoms with Gasteiger partial charge in [-0.1, -0.05) is 0 Å². The van der Waals surface area contributed by atoms with Gasteiger partial charge in [0.2, 0.25) is 9.05 Å². The van der Waals surface area contributed by atoms with Crippen molar-refractivity contribution in [1.29, 1.82) is 0 Å². The minimum atomic E-state index is -3.88. The summed E-state index contributed by atoms with van der Waals surface area (Å²) in [5.41, 5.74) is 0. The lowest BCUT2D eigenvalue weighted by Crippen LogP contribution is -2.17. The first kappa shape index (κ1) is 16.2. The molecule has 9 heteroatoms. The molecule has 1 rings (SSSR count). The van der Waals surface area contributed by atoms with Gasteiger partial charge in [0, 0.05) is 16.9 Å². The third-order valence-electron chi connectivity index (χ3n) is 1.99. The fourth-order valence-corrected chi connectivity index (χ4v) is 4.34. The maximum Gasteiger partial charge on any atom is 0.233 e. The molecule has 0 N–H and O–H groups in total. The molecule has 0 atom stereocenters. The molecule has 19 heavy (non-hydrogen) atoms. The van der Waals surface area contributed by atoms with Gasteiger partial charge in [-0.15, -0.1) is 0 Å². The second-order valence-corrected chi connectivity index (χ2v) is 8.96. The molecule has 0 spiro atoms. The molecule has 1 aromatic heterocycles. The lowest BCUT2D eigenvalue weighted by Gasteiger charge is -2.13. The maximum atomic E-state index is 12.0. The Morgan fingerprint density at radius 3 is 2.42 bits per heavy atom. The van der Waals surface area contributed by atoms with Crippen molar-refractivity contribution in [2.24, 2.45) is 0 Å². The monoisotopic (exact) mass is 327 g/mol. The van der Waals surface area contributed by atoms with Crippen LogP contribution in [0.1, 0.15) is 13.8 Å². The van der Waals surface area contributed by atoms with Crippen molar-refractivity contribution in [3.63, 3.8) is 0 Å². The minimum Gasteiger partial charge on any atom is -0.488 e. The summed E-state index contributed by atoms with van der Waals surface area (Å²) in [5, 5.41) is -0.274. The van der Waals surface area contributed by atoms with Crippen LogP contribution in [0.4, 0.5) is 0 Å². The number of ether oxygens (including phenoxy) is 1. The number of rotatable bonds is 6. The van der Waals surface area contributed by atoms with Crippen LogP contribution >= 0.6 is 10.7 Å². The average Bonchev–Trinajstić information content (AvgIpc) is 2.25. The number of pyridine rings is 1. The highest BCUT2D eigenvalue weighted by Gasteiger charge is 2.24. The zero-order valence-corrected chi connectivity index (χ0v) is 12.8. The molecular formula is C10H14ClNO5S2. The molecule has 108 valence electrons. The predicted molar refractivity (Wildman–Crippen MR) is 71.7 cm³/mol. The molecule has 6 nitrogen and oxygen atoms in total. The van der Waals surface area contributed by atoms with Crippen LogP contribution in [0.3, 0.4) is 0 Å². The van der Waals surface area contributed by atoms with E-state index in [-0.39, 0.29) is 16.9 Å². The Bertz CT molecular complexity index is 640. The molecular weight excluding hydrogens is 314 g/mol. The fraction of sp³-hybridized carbons (Fsp3) is 0.500. The number of aromatic nitrogens is 1. The maximum absolute atomic E-state index is 12.0. The van der Waals surface area contributed by atoms with Crippen molar-refractivity contribution in [2.45, 2.75) is 25.0 Å². The molecule has 0 amide bonds. The van der Waals surface area contributed by atoms with E-state index in [4.69, 9.17) is 15.4 Å². The van der Waals surface area contributed by atoms with Gasteiger partial charge in [-0.05, 0) is 26.0 Å². The van der Waals surface area contributed by atoms with Crippen LogP contribution in [-0.2, 0) is 18.9 Å². The van der Waals surface area contributed by atoms with Gasteiger partial charge >= 0.3 is 0 Å². The van der Waals surface area contributed by atoms with E-state index in [0.717, 1.165) is 0 Å². The van der Waals surface area contributed by atoms with Crippen LogP contribution in [0.15, 0.2) is 23.4 Å². The van der Waals surface area contributed by atoms with Crippen LogP contribution in [-0.4, -0.2) is 39.4 Å². The van der Waals surface area contributed by atoms with Crippen molar-refractivity contribution < 1.29 is 21.6 Å². The standard InChI is InChI=1S/C10H14ClNO5S2/c1-8(2)17-9-4-3-5-12-10(9)18(13,14)6-7-19(11,15)16/h3-5,8H,6-7H2,1-2H3. The van der Waals surface area contributed by atoms with E-state index in [1.807, 2.05) is 0 Å². The van der Waals surface area contributed by atoms with Gasteiger partial charge in [0.15, 0.2) is 20.6 Å². The largest absolute Gasteiger partial charge is 0.488 e. The van der Waals surface area contributed by atoms with Crippen LogP contribution in [0, 0.1) is 0 Å². The van der Waals surface area contributed by atoms with E-state index in [9.17, 15) is 16.8 Å². The zero-order chi connectivity index (χ0) is 14.7. The van der Waals surface area contributed by atoms with Gasteiger partial charge in [-0.2, -0.15) is 0 Å². The van der Waals surface area contributed by atoms with E-state index >= 15 is 0 Å². The first-order chi connectivity index (χ1) is 8.62. The van der Waals surface area contributed by atoms with Crippen LogP contribution < -0.4 is 4.74 Å². The lowest BCUT2D eigenvalue weighted by molar-refractivity contribution is 0.234. The van der Waals surface area contributed by atoms with Gasteiger partial charge in [0.05, 0.1) is 17.6 Å². The van der Waals surface area contributed by atoms with Gasteiger partial charge < -0.3 is 4.74 Å². The van der Waals surface area contributed by atoms with Gasteiger partial charge in [-0.3, -0.25) is 0 Å². The Kier molecular flexibility index (Phi) is 5.17. The third kappa shape index (κ3) is 5.33. The molecule has 0 aliphatic heterocycles. The Morgan fingerprint density at radius 1 is 1.26 bits per heavy atom. The quantitative estimate of drug-likeness (QED) is 0.729. The summed E-state index contributed by atoms with van der Waals surface area (Å²) in [4.78, 5) is 3.75. The van der Waals surface area contributed by atoms with E-state index in [2.05, 4.69) is 4.98 Å². The van der Waals surface area contributed by atoms with Gasteiger partial charge in [0.1, 0.15) is 0 Å². The SMILES string of the molecule is CC(C)Oc1cccnc1S(=O)(=O)CCS(=O)(=O)Cl. The summed E-state index contributed by atoms with van der Waals surface area (Å²) >= 11 is 0. The molecule has 0 aliphatic carbocycles. The van der Waals surface area contributed by atoms with Gasteiger partial charge in [-0.25, -0.2) is 21.8 Å². The van der Waals surface area contributed by atoms with Crippen molar-refractivity contribution in [1.82, 2.24) is 4.98 Å². The van der Waals surface area contributed by atoms with Crippen LogP contribution in [0.2, 0.25) is 0 Å². The Hall–Kier alpha value is -0.860. The molecule has 0 radical (unpaired) electrons. The molecule has 0 bridgehead atoms. The van der Waals surface area contributed by atoms with Crippen molar-refractivity contribution in [2.75, 3.05) is 11.5 Å². The van der Waals surface area contributed by atoms with Crippen molar-refractivity contribution >= 4 is 29.6 Å². The van der Waals surface area contributed by atoms with Crippen LogP contribution in [0.5, 0.6) is 5.75 Å². The third-order valence-corrected chi connectivity index (χ3v) is 5.04. The summed E-state index contributed by atoms with van der Waals surface area (Å²) in [6.45, 7) is 3.49. The smallest absolute Gasteiger partial charge is 0.233 e. The lowest BCUT2D eigenvalue weighted by atomic mass is 10.4. The van der Waals surface area contributed by atoms with E-state index < -0.39 is 30.4 Å². The summed E-state index contributed by atoms with van der Waals surface area (Å²) < 4.78 is 51.0. The fourth-order valence-electron chi connectivity index (χ4n) is 1.26. The summed E-state index contributed by atoms with van der Waals surface area (Å²) in [6, 6.07) is 3.00. The first-order valence-corrected chi connectivity index (χ1v) is 9.51. The average molecular weight is 328 g/mol. The second kappa shape index (κ2) is 6.06. The van der Waals surface area contributed by atoms with E-state index in [1.165, 1.54) is 18.3 Å². The van der Waals surface area contributed by atoms with Crippen molar-refractivity contribution in [3.8, 4) is 5.75 Å². The first-order valence-electron chi connectivity index (χ1n) is 5.38. The van der Waals surface area contributed by atoms with E-state index in [0.29, 0.717) is 0 Å². The topological polar surface area (TPSA) is 90.4 Å². The highest BCUT2D eigenvalue weighted by Crippen LogP contribution is 2.23. The number of hydrogen-bond donors (Lipinski definition) is 0. The molecule has 0 aliphatic rings. The van der Waals surface area contributed by atoms with Crippen molar-refractivity contribution in [3.05, 3.63) is 18.3 Å². The van der Waals surface area contributed by atoms with Crippen LogP contribution in [0.25, 0.3) is 0 Å². The number of nitrogens with zero attached hydrogens (tertiary/aromatic N) is 1. The molecule has 0 saturated carbocycles. The number of hydrogen-bond acceptors (Lipinski definition) is 6. The normalized spacial score (nSPS) is 12.6. The highest BCUT2D eigenvalue weighted by molar-refractivity contribution is 8.14. The Morgan fingerprint density at radius 2 is 1.89 bits per heavy atom. The number of sulfone groups is 1. The molecule has 0 fully saturated rings. The summed E-state index contributed by atoms with van der Waals surface area (Å²) in [7, 11) is -2.74. The molecule has 1 aromatic rings. The summed E-state index contributed by atoms with van der Waals surface area (Å²) in [6.07, 6.45) is 1.07. The molecule has 0 saturated heterocycles. The molecule has 0 aromatic carbocycles. The zero-order valence-electron chi connectivity index (χ0n) is 10.4. The van der Waals surface area contributed by atoms with Gasteiger partial charge in [0.25, 0.3) is 0 Å². The Labute approximate surface area is 117 Å². The molecule has 0 unspecified atom stereocenters. The molecule has 1 heterocycles. The van der Waals surface area contributed by atoms with E-state index in [1.54, 1.807) is 13.8 Å². The highest BCUT2D eigenvalue weighted by atomic mass is 35.7. The minimum absolute atomic E-state index is 0.101. The summed E-state index contributed by atoms with van der Waals surface area (Å²) in [5.74, 6) is -1.21. The number of halogens is 1. The predicted octanol–water partition coefficient (Wildman–Crippen LogP) is 1.21.